The van der Waals surface area contributed by atoms with Crippen molar-refractivity contribution in [2.24, 2.45) is 0 Å². The molecule has 1 N–H and O–H groups in total. The first-order valence-corrected chi connectivity index (χ1v) is 9.17. The van der Waals surface area contributed by atoms with Gasteiger partial charge in [-0.3, -0.25) is 10.1 Å². The van der Waals surface area contributed by atoms with Crippen LogP contribution in [0.3, 0.4) is 0 Å². The van der Waals surface area contributed by atoms with Crippen LogP contribution in [0.15, 0.2) is 40.8 Å². The summed E-state index contributed by atoms with van der Waals surface area (Å²) in [5, 5.41) is 10.6. The number of carbonyl (C=O) groups excluding carboxylic acids is 1. The predicted octanol–water partition coefficient (Wildman–Crippen LogP) is 3.88. The maximum atomic E-state index is 12.6. The summed E-state index contributed by atoms with van der Waals surface area (Å²) in [7, 11) is 3.13. The molecule has 144 valence electrons. The maximum absolute atomic E-state index is 12.6. The molecule has 0 bridgehead atoms. The number of nitrogens with zero attached hydrogens (tertiary/aromatic N) is 2. The Morgan fingerprint density at radius 1 is 1.00 bits per heavy atom. The zero-order valence-electron chi connectivity index (χ0n) is 15.8. The summed E-state index contributed by atoms with van der Waals surface area (Å²) in [6.07, 6.45) is 4.45. The number of fused-ring (bicyclic) bond motifs is 1. The number of ether oxygens (including phenoxy) is 2. The number of methoxy groups -OCH3 is 2. The molecule has 0 unspecified atom stereocenters. The molecule has 2 aromatic carbocycles. The second kappa shape index (κ2) is 7.72. The van der Waals surface area contributed by atoms with Crippen LogP contribution >= 0.6 is 0 Å². The Kier molecular flexibility index (Phi) is 4.97. The normalized spacial score (nSPS) is 12.9. The topological polar surface area (TPSA) is 86.5 Å². The zero-order valence-corrected chi connectivity index (χ0v) is 15.8. The Balaban J connectivity index is 1.55. The standard InChI is InChI=1S/C21H21N3O4/c1-26-16-9-10-18(27-2)17(12-16)20-23-24-21(28-20)22-19(25)15-8-7-13-5-3-4-6-14(13)11-15/h7-12H,3-6H2,1-2H3,(H,22,24,25). The van der Waals surface area contributed by atoms with E-state index in [1.165, 1.54) is 17.5 Å². The van der Waals surface area contributed by atoms with Gasteiger partial charge in [0.1, 0.15) is 11.5 Å². The van der Waals surface area contributed by atoms with E-state index in [2.05, 4.69) is 15.5 Å². The van der Waals surface area contributed by atoms with E-state index in [1.54, 1.807) is 32.4 Å². The first-order chi connectivity index (χ1) is 13.7. The van der Waals surface area contributed by atoms with E-state index < -0.39 is 0 Å². The lowest BCUT2D eigenvalue weighted by Gasteiger charge is -2.16. The molecule has 0 aliphatic heterocycles. The van der Waals surface area contributed by atoms with Crippen molar-refractivity contribution >= 4 is 11.9 Å². The van der Waals surface area contributed by atoms with E-state index in [0.717, 1.165) is 19.3 Å². The van der Waals surface area contributed by atoms with E-state index in [-0.39, 0.29) is 17.8 Å². The molecule has 0 atom stereocenters. The molecule has 1 aromatic heterocycles. The van der Waals surface area contributed by atoms with Gasteiger partial charge in [-0.15, -0.1) is 5.10 Å². The maximum Gasteiger partial charge on any atom is 0.322 e. The number of hydrogen-bond acceptors (Lipinski definition) is 6. The van der Waals surface area contributed by atoms with Crippen LogP contribution in [0.5, 0.6) is 11.5 Å². The summed E-state index contributed by atoms with van der Waals surface area (Å²) in [5.74, 6) is 1.16. The van der Waals surface area contributed by atoms with Gasteiger partial charge in [-0.25, -0.2) is 0 Å². The molecule has 1 aliphatic rings. The van der Waals surface area contributed by atoms with Crippen molar-refractivity contribution < 1.29 is 18.7 Å². The lowest BCUT2D eigenvalue weighted by atomic mass is 9.90. The molecule has 1 amide bonds. The number of nitrogens with one attached hydrogen (secondary N) is 1. The molecular weight excluding hydrogens is 358 g/mol. The highest BCUT2D eigenvalue weighted by molar-refractivity contribution is 6.03. The average molecular weight is 379 g/mol. The molecule has 7 nitrogen and oxygen atoms in total. The quantitative estimate of drug-likeness (QED) is 0.724. The number of amides is 1. The Morgan fingerprint density at radius 3 is 2.61 bits per heavy atom. The lowest BCUT2D eigenvalue weighted by molar-refractivity contribution is 0.102. The van der Waals surface area contributed by atoms with Gasteiger partial charge in [-0.1, -0.05) is 11.2 Å². The number of hydrogen-bond donors (Lipinski definition) is 1. The van der Waals surface area contributed by atoms with Crippen molar-refractivity contribution in [2.45, 2.75) is 25.7 Å². The first-order valence-electron chi connectivity index (χ1n) is 9.17. The van der Waals surface area contributed by atoms with E-state index in [1.807, 2.05) is 18.2 Å². The van der Waals surface area contributed by atoms with Crippen LogP contribution in [0.25, 0.3) is 11.5 Å². The van der Waals surface area contributed by atoms with Crippen LogP contribution < -0.4 is 14.8 Å². The van der Waals surface area contributed by atoms with Gasteiger partial charge in [0, 0.05) is 5.56 Å². The van der Waals surface area contributed by atoms with Gasteiger partial charge < -0.3 is 13.9 Å². The molecule has 0 saturated carbocycles. The Bertz CT molecular complexity index is 1010. The molecule has 28 heavy (non-hydrogen) atoms. The number of carbonyl (C=O) groups is 1. The van der Waals surface area contributed by atoms with E-state index in [9.17, 15) is 4.79 Å². The van der Waals surface area contributed by atoms with Crippen molar-refractivity contribution in [1.29, 1.82) is 0 Å². The number of aromatic nitrogens is 2. The highest BCUT2D eigenvalue weighted by Gasteiger charge is 2.18. The smallest absolute Gasteiger partial charge is 0.322 e. The van der Waals surface area contributed by atoms with Crippen molar-refractivity contribution in [3.05, 3.63) is 53.1 Å². The van der Waals surface area contributed by atoms with Crippen LogP contribution in [0.1, 0.15) is 34.3 Å². The first kappa shape index (κ1) is 18.0. The van der Waals surface area contributed by atoms with Crippen molar-refractivity contribution in [3.63, 3.8) is 0 Å². The molecule has 7 heteroatoms. The molecule has 4 rings (SSSR count). The highest BCUT2D eigenvalue weighted by atomic mass is 16.5. The van der Waals surface area contributed by atoms with E-state index in [4.69, 9.17) is 13.9 Å². The minimum Gasteiger partial charge on any atom is -0.497 e. The van der Waals surface area contributed by atoms with Crippen molar-refractivity contribution in [1.82, 2.24) is 10.2 Å². The third-order valence-corrected chi connectivity index (χ3v) is 4.89. The average Bonchev–Trinajstić information content (AvgIpc) is 3.21. The number of benzene rings is 2. The van der Waals surface area contributed by atoms with Gasteiger partial charge >= 0.3 is 6.01 Å². The Hall–Kier alpha value is -3.35. The molecule has 1 heterocycles. The highest BCUT2D eigenvalue weighted by Crippen LogP contribution is 2.33. The minimum atomic E-state index is -0.277. The monoisotopic (exact) mass is 379 g/mol. The molecule has 0 fully saturated rings. The van der Waals surface area contributed by atoms with Crippen LogP contribution in [0.2, 0.25) is 0 Å². The van der Waals surface area contributed by atoms with Gasteiger partial charge in [0.05, 0.1) is 19.8 Å². The summed E-state index contributed by atoms with van der Waals surface area (Å²) in [5.41, 5.74) is 3.74. The van der Waals surface area contributed by atoms with E-state index >= 15 is 0 Å². The van der Waals surface area contributed by atoms with Crippen molar-refractivity contribution in [3.8, 4) is 23.0 Å². The van der Waals surface area contributed by atoms with Crippen LogP contribution in [-0.2, 0) is 12.8 Å². The zero-order chi connectivity index (χ0) is 19.5. The Morgan fingerprint density at radius 2 is 1.82 bits per heavy atom. The van der Waals surface area contributed by atoms with Gasteiger partial charge in [0.25, 0.3) is 11.8 Å². The third-order valence-electron chi connectivity index (χ3n) is 4.89. The van der Waals surface area contributed by atoms with Crippen LogP contribution in [0.4, 0.5) is 6.01 Å². The van der Waals surface area contributed by atoms with Crippen LogP contribution in [0, 0.1) is 0 Å². The molecule has 0 spiro atoms. The fourth-order valence-corrected chi connectivity index (χ4v) is 3.41. The second-order valence-electron chi connectivity index (χ2n) is 6.62. The van der Waals surface area contributed by atoms with Crippen LogP contribution in [-0.4, -0.2) is 30.3 Å². The Labute approximate surface area is 162 Å². The number of aryl methyl sites for hydroxylation is 2. The molecule has 0 radical (unpaired) electrons. The van der Waals surface area contributed by atoms with Gasteiger partial charge in [-0.05, 0) is 67.1 Å². The molecule has 0 saturated heterocycles. The summed E-state index contributed by atoms with van der Waals surface area (Å²) in [4.78, 5) is 12.6. The van der Waals surface area contributed by atoms with E-state index in [0.29, 0.717) is 22.6 Å². The number of rotatable bonds is 5. The summed E-state index contributed by atoms with van der Waals surface area (Å²) in [6, 6.07) is 11.1. The number of anilines is 1. The fourth-order valence-electron chi connectivity index (χ4n) is 3.41. The van der Waals surface area contributed by atoms with Gasteiger partial charge in [0.2, 0.25) is 0 Å². The predicted molar refractivity (Wildman–Crippen MR) is 104 cm³/mol. The summed E-state index contributed by atoms with van der Waals surface area (Å²) < 4.78 is 16.2. The van der Waals surface area contributed by atoms with Crippen molar-refractivity contribution in [2.75, 3.05) is 19.5 Å². The third kappa shape index (κ3) is 3.55. The summed E-state index contributed by atoms with van der Waals surface area (Å²) in [6.45, 7) is 0. The fraction of sp³-hybridized carbons (Fsp3) is 0.286. The second-order valence-corrected chi connectivity index (χ2v) is 6.62. The molecular formula is C21H21N3O4. The minimum absolute atomic E-state index is 0.0302. The largest absolute Gasteiger partial charge is 0.497 e. The molecule has 3 aromatic rings. The summed E-state index contributed by atoms with van der Waals surface area (Å²) >= 11 is 0. The molecule has 1 aliphatic carbocycles. The SMILES string of the molecule is COc1ccc(OC)c(-c2nnc(NC(=O)c3ccc4c(c3)CCCC4)o2)c1. The van der Waals surface area contributed by atoms with Gasteiger partial charge in [0.15, 0.2) is 0 Å². The van der Waals surface area contributed by atoms with Gasteiger partial charge in [-0.2, -0.15) is 0 Å². The lowest BCUT2D eigenvalue weighted by Crippen LogP contribution is -2.13.